The van der Waals surface area contributed by atoms with E-state index in [1.807, 2.05) is 0 Å². The van der Waals surface area contributed by atoms with Crippen molar-refractivity contribution in [1.29, 1.82) is 0 Å². The van der Waals surface area contributed by atoms with Crippen molar-refractivity contribution in [1.82, 2.24) is 14.5 Å². The van der Waals surface area contributed by atoms with Crippen molar-refractivity contribution in [2.24, 2.45) is 0 Å². The van der Waals surface area contributed by atoms with E-state index < -0.39 is 10.0 Å². The summed E-state index contributed by atoms with van der Waals surface area (Å²) < 4.78 is 27.4. The molecule has 132 valence electrons. The number of nitrogens with one attached hydrogen (secondary N) is 1. The van der Waals surface area contributed by atoms with Gasteiger partial charge in [0, 0.05) is 50.5 Å². The molecule has 1 N–H and O–H groups in total. The highest BCUT2D eigenvalue weighted by Gasteiger charge is 2.22. The summed E-state index contributed by atoms with van der Waals surface area (Å²) in [7, 11) is -3.63. The molecule has 24 heavy (non-hydrogen) atoms. The molecule has 0 saturated carbocycles. The van der Waals surface area contributed by atoms with Crippen LogP contribution in [0.3, 0.4) is 0 Å². The van der Waals surface area contributed by atoms with E-state index in [4.69, 9.17) is 0 Å². The third-order valence-corrected chi connectivity index (χ3v) is 5.77. The van der Waals surface area contributed by atoms with Gasteiger partial charge in [0.1, 0.15) is 0 Å². The van der Waals surface area contributed by atoms with Gasteiger partial charge in [0.15, 0.2) is 0 Å². The zero-order valence-corrected chi connectivity index (χ0v) is 15.8. The summed E-state index contributed by atoms with van der Waals surface area (Å²) in [5.41, 5.74) is 0. The summed E-state index contributed by atoms with van der Waals surface area (Å²) >= 11 is 3.23. The fraction of sp³-hybridized carbons (Fsp3) is 0.467. The van der Waals surface area contributed by atoms with Gasteiger partial charge in [-0.3, -0.25) is 9.59 Å². The molecular formula is C15H20BrN3O4S. The summed E-state index contributed by atoms with van der Waals surface area (Å²) in [5, 5.41) is 0. The number of hydrogen-bond acceptors (Lipinski definition) is 4. The number of sulfonamides is 1. The average molecular weight is 418 g/mol. The highest BCUT2D eigenvalue weighted by Crippen LogP contribution is 2.15. The molecule has 0 aliphatic carbocycles. The molecule has 1 aliphatic rings. The molecule has 2 amide bonds. The van der Waals surface area contributed by atoms with E-state index in [2.05, 4.69) is 20.7 Å². The van der Waals surface area contributed by atoms with Crippen LogP contribution in [0.25, 0.3) is 0 Å². The Labute approximate surface area is 150 Å². The van der Waals surface area contributed by atoms with Gasteiger partial charge in [-0.2, -0.15) is 0 Å². The molecule has 0 atom stereocenters. The van der Waals surface area contributed by atoms with Gasteiger partial charge in [-0.1, -0.05) is 22.0 Å². The molecule has 1 fully saturated rings. The Morgan fingerprint density at radius 1 is 1.17 bits per heavy atom. The van der Waals surface area contributed by atoms with Crippen LogP contribution in [0.4, 0.5) is 0 Å². The number of amides is 2. The van der Waals surface area contributed by atoms with Crippen molar-refractivity contribution in [3.8, 4) is 0 Å². The van der Waals surface area contributed by atoms with Gasteiger partial charge in [0.25, 0.3) is 0 Å². The smallest absolute Gasteiger partial charge is 0.240 e. The lowest BCUT2D eigenvalue weighted by molar-refractivity contribution is -0.138. The summed E-state index contributed by atoms with van der Waals surface area (Å²) in [4.78, 5) is 26.9. The highest BCUT2D eigenvalue weighted by molar-refractivity contribution is 9.10. The Morgan fingerprint density at radius 2 is 1.79 bits per heavy atom. The number of benzene rings is 1. The van der Waals surface area contributed by atoms with Crippen molar-refractivity contribution >= 4 is 37.8 Å². The molecule has 9 heteroatoms. The van der Waals surface area contributed by atoms with Crippen LogP contribution >= 0.6 is 15.9 Å². The van der Waals surface area contributed by atoms with Gasteiger partial charge >= 0.3 is 0 Å². The van der Waals surface area contributed by atoms with Crippen molar-refractivity contribution in [3.05, 3.63) is 28.7 Å². The number of hydrogen-bond donors (Lipinski definition) is 1. The second kappa shape index (κ2) is 8.09. The third kappa shape index (κ3) is 5.02. The molecule has 2 rings (SSSR count). The van der Waals surface area contributed by atoms with E-state index >= 15 is 0 Å². The van der Waals surface area contributed by atoms with Crippen molar-refractivity contribution in [3.63, 3.8) is 0 Å². The third-order valence-electron chi connectivity index (χ3n) is 3.82. The molecule has 7 nitrogen and oxygen atoms in total. The number of piperazine rings is 1. The first-order valence-corrected chi connectivity index (χ1v) is 9.86. The minimum absolute atomic E-state index is 0.00359. The van der Waals surface area contributed by atoms with Gasteiger partial charge in [0.2, 0.25) is 21.8 Å². The van der Waals surface area contributed by atoms with E-state index in [0.29, 0.717) is 30.7 Å². The van der Waals surface area contributed by atoms with E-state index in [-0.39, 0.29) is 29.7 Å². The zero-order chi connectivity index (χ0) is 17.7. The first-order chi connectivity index (χ1) is 11.3. The highest BCUT2D eigenvalue weighted by atomic mass is 79.9. The monoisotopic (exact) mass is 417 g/mol. The van der Waals surface area contributed by atoms with Crippen LogP contribution in [0, 0.1) is 0 Å². The lowest BCUT2D eigenvalue weighted by atomic mass is 10.3. The second-order valence-electron chi connectivity index (χ2n) is 5.49. The number of carbonyl (C=O) groups excluding carboxylic acids is 2. The summed E-state index contributed by atoms with van der Waals surface area (Å²) in [6.45, 7) is 3.55. The molecule has 1 saturated heterocycles. The Hall–Kier alpha value is -1.45. The predicted molar refractivity (Wildman–Crippen MR) is 92.8 cm³/mol. The van der Waals surface area contributed by atoms with Gasteiger partial charge in [-0.05, 0) is 18.2 Å². The molecule has 0 bridgehead atoms. The van der Waals surface area contributed by atoms with Gasteiger partial charge < -0.3 is 9.80 Å². The Morgan fingerprint density at radius 3 is 2.38 bits per heavy atom. The normalized spacial score (nSPS) is 15.4. The topological polar surface area (TPSA) is 86.8 Å². The van der Waals surface area contributed by atoms with Crippen molar-refractivity contribution < 1.29 is 18.0 Å². The van der Waals surface area contributed by atoms with E-state index in [1.165, 1.54) is 19.1 Å². The maximum Gasteiger partial charge on any atom is 0.240 e. The average Bonchev–Trinajstić information content (AvgIpc) is 2.54. The van der Waals surface area contributed by atoms with Crippen LogP contribution < -0.4 is 4.72 Å². The predicted octanol–water partition coefficient (Wildman–Crippen LogP) is 0.808. The van der Waals surface area contributed by atoms with Gasteiger partial charge in [-0.15, -0.1) is 0 Å². The SMILES string of the molecule is CC(=O)N1CCN(C(=O)CCNS(=O)(=O)c2cccc(Br)c2)CC1. The van der Waals surface area contributed by atoms with Gasteiger partial charge in [-0.25, -0.2) is 13.1 Å². The Balaban J connectivity index is 1.81. The Bertz CT molecular complexity index is 715. The molecule has 0 unspecified atom stereocenters. The molecular weight excluding hydrogens is 398 g/mol. The fourth-order valence-electron chi connectivity index (χ4n) is 2.44. The van der Waals surface area contributed by atoms with Crippen molar-refractivity contribution in [2.45, 2.75) is 18.2 Å². The van der Waals surface area contributed by atoms with E-state index in [0.717, 1.165) is 0 Å². The molecule has 1 aromatic carbocycles. The first kappa shape index (κ1) is 18.9. The first-order valence-electron chi connectivity index (χ1n) is 7.58. The number of halogens is 1. The number of rotatable bonds is 5. The van der Waals surface area contributed by atoms with Crippen LogP contribution in [0.15, 0.2) is 33.6 Å². The second-order valence-corrected chi connectivity index (χ2v) is 8.17. The minimum Gasteiger partial charge on any atom is -0.339 e. The Kier molecular flexibility index (Phi) is 6.36. The van der Waals surface area contributed by atoms with Gasteiger partial charge in [0.05, 0.1) is 4.90 Å². The van der Waals surface area contributed by atoms with Crippen LogP contribution in [-0.4, -0.2) is 62.8 Å². The largest absolute Gasteiger partial charge is 0.339 e. The number of carbonyl (C=O) groups is 2. The molecule has 1 heterocycles. The number of nitrogens with zero attached hydrogens (tertiary/aromatic N) is 2. The minimum atomic E-state index is -3.63. The zero-order valence-electron chi connectivity index (χ0n) is 13.4. The fourth-order valence-corrected chi connectivity index (χ4v) is 4.07. The maximum atomic E-state index is 12.2. The lowest BCUT2D eigenvalue weighted by Gasteiger charge is -2.34. The molecule has 1 aliphatic heterocycles. The molecule has 0 aromatic heterocycles. The summed E-state index contributed by atoms with van der Waals surface area (Å²) in [6, 6.07) is 6.38. The maximum absolute atomic E-state index is 12.2. The van der Waals surface area contributed by atoms with Crippen LogP contribution in [0.5, 0.6) is 0 Å². The lowest BCUT2D eigenvalue weighted by Crippen LogP contribution is -2.50. The summed E-state index contributed by atoms with van der Waals surface area (Å²) in [6.07, 6.45) is 0.0906. The van der Waals surface area contributed by atoms with Crippen molar-refractivity contribution in [2.75, 3.05) is 32.7 Å². The summed E-state index contributed by atoms with van der Waals surface area (Å²) in [5.74, 6) is -0.112. The molecule has 1 aromatic rings. The van der Waals surface area contributed by atoms with E-state index in [1.54, 1.807) is 21.9 Å². The molecule has 0 spiro atoms. The van der Waals surface area contributed by atoms with Crippen LogP contribution in [-0.2, 0) is 19.6 Å². The quantitative estimate of drug-likeness (QED) is 0.767. The standard InChI is InChI=1S/C15H20BrN3O4S/c1-12(20)18-7-9-19(10-8-18)15(21)5-6-17-24(22,23)14-4-2-3-13(16)11-14/h2-4,11,17H,5-10H2,1H3. The van der Waals surface area contributed by atoms with Crippen LogP contribution in [0.2, 0.25) is 0 Å². The molecule has 0 radical (unpaired) electrons. The van der Waals surface area contributed by atoms with E-state index in [9.17, 15) is 18.0 Å². The van der Waals surface area contributed by atoms with Crippen LogP contribution in [0.1, 0.15) is 13.3 Å².